The summed E-state index contributed by atoms with van der Waals surface area (Å²) >= 11 is 5.93. The molecule has 7 heteroatoms. The highest BCUT2D eigenvalue weighted by Crippen LogP contribution is 2.37. The summed E-state index contributed by atoms with van der Waals surface area (Å²) in [6.07, 6.45) is 0. The van der Waals surface area contributed by atoms with Crippen LogP contribution >= 0.6 is 11.6 Å². The number of nitrogens with zero attached hydrogens (tertiary/aromatic N) is 1. The zero-order valence-corrected chi connectivity index (χ0v) is 16.1. The fraction of sp³-hybridized carbons (Fsp3) is 0.316. The van der Waals surface area contributed by atoms with Crippen LogP contribution in [-0.4, -0.2) is 32.3 Å². The SMILES string of the molecule is CN=C(NCc1cc(OC)c(O)c(OC)c1)NC(C)c1ccc(Cl)cc1. The Morgan fingerprint density at radius 2 is 1.73 bits per heavy atom. The Kier molecular flexibility index (Phi) is 6.97. The summed E-state index contributed by atoms with van der Waals surface area (Å²) in [5.41, 5.74) is 1.99. The van der Waals surface area contributed by atoms with Crippen LogP contribution in [0.5, 0.6) is 17.2 Å². The Labute approximate surface area is 158 Å². The van der Waals surface area contributed by atoms with Gasteiger partial charge < -0.3 is 25.2 Å². The molecule has 0 heterocycles. The number of hydrogen-bond acceptors (Lipinski definition) is 4. The fourth-order valence-corrected chi connectivity index (χ4v) is 2.60. The minimum absolute atomic E-state index is 0.0161. The summed E-state index contributed by atoms with van der Waals surface area (Å²) in [5, 5.41) is 17.3. The van der Waals surface area contributed by atoms with Crippen LogP contribution in [0.1, 0.15) is 24.1 Å². The van der Waals surface area contributed by atoms with Gasteiger partial charge in [0, 0.05) is 18.6 Å². The molecule has 0 radical (unpaired) electrons. The van der Waals surface area contributed by atoms with Gasteiger partial charge in [-0.25, -0.2) is 0 Å². The van der Waals surface area contributed by atoms with E-state index in [1.807, 2.05) is 31.2 Å². The first-order chi connectivity index (χ1) is 12.5. The molecule has 0 aliphatic carbocycles. The van der Waals surface area contributed by atoms with E-state index in [4.69, 9.17) is 21.1 Å². The smallest absolute Gasteiger partial charge is 0.200 e. The number of hydrogen-bond donors (Lipinski definition) is 3. The maximum Gasteiger partial charge on any atom is 0.200 e. The molecule has 1 atom stereocenters. The average molecular weight is 378 g/mol. The molecule has 0 spiro atoms. The standard InChI is InChI=1S/C19H24ClN3O3/c1-12(14-5-7-15(20)8-6-14)23-19(21-2)22-11-13-9-16(25-3)18(24)17(10-13)26-4/h5-10,12,24H,11H2,1-4H3,(H2,21,22,23). The van der Waals surface area contributed by atoms with Gasteiger partial charge in [0.25, 0.3) is 0 Å². The third-order valence-electron chi connectivity index (χ3n) is 3.95. The van der Waals surface area contributed by atoms with Crippen molar-refractivity contribution in [1.29, 1.82) is 0 Å². The Morgan fingerprint density at radius 3 is 2.23 bits per heavy atom. The summed E-state index contributed by atoms with van der Waals surface area (Å²) in [5.74, 6) is 1.35. The van der Waals surface area contributed by atoms with E-state index in [1.165, 1.54) is 14.2 Å². The van der Waals surface area contributed by atoms with Crippen molar-refractivity contribution < 1.29 is 14.6 Å². The van der Waals surface area contributed by atoms with Crippen molar-refractivity contribution in [2.45, 2.75) is 19.5 Å². The largest absolute Gasteiger partial charge is 0.502 e. The highest BCUT2D eigenvalue weighted by Gasteiger charge is 2.12. The summed E-state index contributed by atoms with van der Waals surface area (Å²) in [7, 11) is 4.71. The molecule has 0 amide bonds. The third kappa shape index (κ3) is 4.95. The normalized spacial score (nSPS) is 12.4. The van der Waals surface area contributed by atoms with Gasteiger partial charge in [0.1, 0.15) is 0 Å². The van der Waals surface area contributed by atoms with E-state index in [0.29, 0.717) is 29.0 Å². The van der Waals surface area contributed by atoms with Crippen molar-refractivity contribution >= 4 is 17.6 Å². The zero-order valence-electron chi connectivity index (χ0n) is 15.3. The van der Waals surface area contributed by atoms with Crippen molar-refractivity contribution in [2.75, 3.05) is 21.3 Å². The number of phenols is 1. The molecule has 0 saturated heterocycles. The molecular formula is C19H24ClN3O3. The lowest BCUT2D eigenvalue weighted by Gasteiger charge is -2.19. The molecule has 26 heavy (non-hydrogen) atoms. The number of benzene rings is 2. The Bertz CT molecular complexity index is 738. The Balaban J connectivity index is 2.04. The maximum atomic E-state index is 9.99. The van der Waals surface area contributed by atoms with E-state index in [-0.39, 0.29) is 11.8 Å². The maximum absolute atomic E-state index is 9.99. The van der Waals surface area contributed by atoms with Crippen LogP contribution in [0, 0.1) is 0 Å². The number of ether oxygens (including phenoxy) is 2. The van der Waals surface area contributed by atoms with Crippen molar-refractivity contribution in [3.05, 3.63) is 52.5 Å². The third-order valence-corrected chi connectivity index (χ3v) is 4.20. The predicted octanol–water partition coefficient (Wildman–Crippen LogP) is 3.49. The van der Waals surface area contributed by atoms with Crippen LogP contribution < -0.4 is 20.1 Å². The number of rotatable bonds is 6. The summed E-state index contributed by atoms with van der Waals surface area (Å²) in [6, 6.07) is 11.2. The van der Waals surface area contributed by atoms with Crippen LogP contribution in [0.2, 0.25) is 5.02 Å². The van der Waals surface area contributed by atoms with E-state index < -0.39 is 0 Å². The van der Waals surface area contributed by atoms with Gasteiger partial charge in [-0.15, -0.1) is 0 Å². The topological polar surface area (TPSA) is 75.1 Å². The first kappa shape index (κ1) is 19.7. The molecule has 140 valence electrons. The molecule has 6 nitrogen and oxygen atoms in total. The van der Waals surface area contributed by atoms with Crippen LogP contribution in [-0.2, 0) is 6.54 Å². The van der Waals surface area contributed by atoms with E-state index in [9.17, 15) is 5.11 Å². The fourth-order valence-electron chi connectivity index (χ4n) is 2.47. The minimum Gasteiger partial charge on any atom is -0.502 e. The summed E-state index contributed by atoms with van der Waals surface area (Å²) in [4.78, 5) is 4.25. The number of guanidine groups is 1. The first-order valence-electron chi connectivity index (χ1n) is 8.15. The average Bonchev–Trinajstić information content (AvgIpc) is 2.66. The Hall–Kier alpha value is -2.60. The quantitative estimate of drug-likeness (QED) is 0.530. The van der Waals surface area contributed by atoms with Gasteiger partial charge in [0.2, 0.25) is 5.75 Å². The van der Waals surface area contributed by atoms with Crippen LogP contribution in [0.4, 0.5) is 0 Å². The number of methoxy groups -OCH3 is 2. The van der Waals surface area contributed by atoms with Crippen molar-refractivity contribution in [2.24, 2.45) is 4.99 Å². The van der Waals surface area contributed by atoms with Crippen LogP contribution in [0.25, 0.3) is 0 Å². The van der Waals surface area contributed by atoms with Gasteiger partial charge in [-0.3, -0.25) is 4.99 Å². The second-order valence-electron chi connectivity index (χ2n) is 5.69. The van der Waals surface area contributed by atoms with Gasteiger partial charge in [-0.2, -0.15) is 0 Å². The monoisotopic (exact) mass is 377 g/mol. The number of aliphatic imine (C=N–C) groups is 1. The van der Waals surface area contributed by atoms with Gasteiger partial charge >= 0.3 is 0 Å². The Morgan fingerprint density at radius 1 is 1.15 bits per heavy atom. The highest BCUT2D eigenvalue weighted by atomic mass is 35.5. The number of phenolic OH excluding ortho intramolecular Hbond substituents is 1. The molecule has 0 aliphatic rings. The van der Waals surface area contributed by atoms with Crippen LogP contribution in [0.15, 0.2) is 41.4 Å². The van der Waals surface area contributed by atoms with Crippen molar-refractivity contribution in [3.63, 3.8) is 0 Å². The van der Waals surface area contributed by atoms with Gasteiger partial charge in [-0.1, -0.05) is 23.7 Å². The van der Waals surface area contributed by atoms with Gasteiger partial charge in [0.15, 0.2) is 17.5 Å². The molecule has 0 saturated carbocycles. The van der Waals surface area contributed by atoms with Gasteiger partial charge in [0.05, 0.1) is 20.3 Å². The van der Waals surface area contributed by atoms with E-state index in [2.05, 4.69) is 15.6 Å². The molecule has 0 fully saturated rings. The molecule has 0 aliphatic heterocycles. The molecule has 0 aromatic heterocycles. The highest BCUT2D eigenvalue weighted by molar-refractivity contribution is 6.30. The molecular weight excluding hydrogens is 354 g/mol. The molecule has 2 aromatic carbocycles. The second kappa shape index (κ2) is 9.20. The van der Waals surface area contributed by atoms with E-state index in [0.717, 1.165) is 11.1 Å². The molecule has 1 unspecified atom stereocenters. The van der Waals surface area contributed by atoms with Crippen molar-refractivity contribution in [3.8, 4) is 17.2 Å². The van der Waals surface area contributed by atoms with Gasteiger partial charge in [-0.05, 0) is 42.3 Å². The lowest BCUT2D eigenvalue weighted by molar-refractivity contribution is 0.339. The summed E-state index contributed by atoms with van der Waals surface area (Å²) in [6.45, 7) is 2.53. The molecule has 2 aromatic rings. The molecule has 0 bridgehead atoms. The number of nitrogens with one attached hydrogen (secondary N) is 2. The zero-order chi connectivity index (χ0) is 19.1. The first-order valence-corrected chi connectivity index (χ1v) is 8.52. The summed E-state index contributed by atoms with van der Waals surface area (Å²) < 4.78 is 10.4. The van der Waals surface area contributed by atoms with Crippen molar-refractivity contribution in [1.82, 2.24) is 10.6 Å². The lowest BCUT2D eigenvalue weighted by Crippen LogP contribution is -2.38. The molecule has 3 N–H and O–H groups in total. The molecule has 2 rings (SSSR count). The van der Waals surface area contributed by atoms with E-state index in [1.54, 1.807) is 19.2 Å². The lowest BCUT2D eigenvalue weighted by atomic mass is 10.1. The van der Waals surface area contributed by atoms with E-state index >= 15 is 0 Å². The minimum atomic E-state index is -0.0161. The second-order valence-corrected chi connectivity index (χ2v) is 6.13. The van der Waals surface area contributed by atoms with Crippen LogP contribution in [0.3, 0.4) is 0 Å². The number of aromatic hydroxyl groups is 1. The predicted molar refractivity (Wildman–Crippen MR) is 104 cm³/mol. The number of halogens is 1.